The van der Waals surface area contributed by atoms with Gasteiger partial charge in [0.15, 0.2) is 5.17 Å². The molecular weight excluding hydrogens is 318 g/mol. The molecule has 1 aliphatic heterocycles. The molecular formula is C19H21N3OS. The molecule has 0 N–H and O–H groups in total. The van der Waals surface area contributed by atoms with Gasteiger partial charge in [0.2, 0.25) is 0 Å². The molecule has 0 spiro atoms. The molecule has 0 atom stereocenters. The summed E-state index contributed by atoms with van der Waals surface area (Å²) in [6, 6.07) is 12.5. The Morgan fingerprint density at radius 1 is 1.21 bits per heavy atom. The van der Waals surface area contributed by atoms with E-state index in [1.54, 1.807) is 19.0 Å². The minimum absolute atomic E-state index is 0.00784. The maximum Gasteiger partial charge on any atom is 0.266 e. The van der Waals surface area contributed by atoms with Gasteiger partial charge in [-0.3, -0.25) is 14.7 Å². The summed E-state index contributed by atoms with van der Waals surface area (Å²) in [6.45, 7) is 5.04. The van der Waals surface area contributed by atoms with E-state index in [1.165, 1.54) is 28.7 Å². The Morgan fingerprint density at radius 3 is 2.54 bits per heavy atom. The zero-order chi connectivity index (χ0) is 17.3. The van der Waals surface area contributed by atoms with Crippen LogP contribution < -0.4 is 0 Å². The van der Waals surface area contributed by atoms with E-state index in [-0.39, 0.29) is 5.91 Å². The highest BCUT2D eigenvalue weighted by Crippen LogP contribution is 2.32. The molecule has 3 rings (SSSR count). The van der Waals surface area contributed by atoms with Crippen LogP contribution in [0.1, 0.15) is 22.5 Å². The highest BCUT2D eigenvalue weighted by molar-refractivity contribution is 8.18. The van der Waals surface area contributed by atoms with Crippen LogP contribution in [0.5, 0.6) is 0 Å². The average Bonchev–Trinajstić information content (AvgIpc) is 3.01. The van der Waals surface area contributed by atoms with Crippen LogP contribution in [-0.4, -0.2) is 34.6 Å². The lowest BCUT2D eigenvalue weighted by Crippen LogP contribution is -2.23. The van der Waals surface area contributed by atoms with Crippen LogP contribution in [0.25, 0.3) is 6.08 Å². The smallest absolute Gasteiger partial charge is 0.266 e. The van der Waals surface area contributed by atoms with E-state index in [1.807, 2.05) is 12.1 Å². The molecule has 1 amide bonds. The van der Waals surface area contributed by atoms with E-state index in [9.17, 15) is 4.79 Å². The topological polar surface area (TPSA) is 37.6 Å². The maximum atomic E-state index is 12.3. The SMILES string of the molecule is CN=C1S/C(=C/c2cc(C)n(Cc3ccccc3)c2C)C(=O)N1C. The van der Waals surface area contributed by atoms with E-state index in [2.05, 4.69) is 53.7 Å². The molecule has 1 fully saturated rings. The van der Waals surface area contributed by atoms with Crippen molar-refractivity contribution in [2.75, 3.05) is 14.1 Å². The predicted molar refractivity (Wildman–Crippen MR) is 101 cm³/mol. The normalized spacial score (nSPS) is 18.2. The predicted octanol–water partition coefficient (Wildman–Crippen LogP) is 3.69. The summed E-state index contributed by atoms with van der Waals surface area (Å²) in [5.74, 6) is 0.00784. The van der Waals surface area contributed by atoms with Gasteiger partial charge in [-0.15, -0.1) is 0 Å². The second-order valence-electron chi connectivity index (χ2n) is 5.88. The molecule has 124 valence electrons. The number of carbonyl (C=O) groups excluding carboxylic acids is 1. The highest BCUT2D eigenvalue weighted by Gasteiger charge is 2.30. The number of carbonyl (C=O) groups is 1. The molecule has 2 aromatic rings. The van der Waals surface area contributed by atoms with Crippen molar-refractivity contribution >= 4 is 28.9 Å². The van der Waals surface area contributed by atoms with Crippen molar-refractivity contribution in [3.8, 4) is 0 Å². The van der Waals surface area contributed by atoms with Crippen LogP contribution in [0.3, 0.4) is 0 Å². The molecule has 2 heterocycles. The number of hydrogen-bond donors (Lipinski definition) is 0. The summed E-state index contributed by atoms with van der Waals surface area (Å²) in [5, 5.41) is 0.740. The van der Waals surface area contributed by atoms with Crippen molar-refractivity contribution in [2.24, 2.45) is 4.99 Å². The molecule has 1 saturated heterocycles. The Balaban J connectivity index is 1.92. The van der Waals surface area contributed by atoms with Crippen molar-refractivity contribution in [3.05, 3.63) is 63.8 Å². The van der Waals surface area contributed by atoms with Crippen molar-refractivity contribution < 1.29 is 4.79 Å². The number of hydrogen-bond acceptors (Lipinski definition) is 3. The number of thioether (sulfide) groups is 1. The van der Waals surface area contributed by atoms with Crippen molar-refractivity contribution in [1.82, 2.24) is 9.47 Å². The largest absolute Gasteiger partial charge is 0.344 e. The highest BCUT2D eigenvalue weighted by atomic mass is 32.2. The third-order valence-electron chi connectivity index (χ3n) is 4.28. The minimum Gasteiger partial charge on any atom is -0.344 e. The van der Waals surface area contributed by atoms with Gasteiger partial charge < -0.3 is 4.57 Å². The molecule has 0 radical (unpaired) electrons. The van der Waals surface area contributed by atoms with E-state index in [0.29, 0.717) is 0 Å². The molecule has 5 heteroatoms. The Labute approximate surface area is 146 Å². The zero-order valence-corrected chi connectivity index (χ0v) is 15.2. The summed E-state index contributed by atoms with van der Waals surface area (Å²) in [5.41, 5.74) is 4.72. The van der Waals surface area contributed by atoms with Crippen LogP contribution in [0.2, 0.25) is 0 Å². The Hall–Kier alpha value is -2.27. The lowest BCUT2D eigenvalue weighted by molar-refractivity contribution is -0.121. The van der Waals surface area contributed by atoms with Gasteiger partial charge in [0.05, 0.1) is 4.91 Å². The summed E-state index contributed by atoms with van der Waals surface area (Å²) >= 11 is 1.43. The van der Waals surface area contributed by atoms with E-state index >= 15 is 0 Å². The van der Waals surface area contributed by atoms with Crippen LogP contribution >= 0.6 is 11.8 Å². The monoisotopic (exact) mass is 339 g/mol. The van der Waals surface area contributed by atoms with Crippen LogP contribution in [0.4, 0.5) is 0 Å². The molecule has 0 unspecified atom stereocenters. The third kappa shape index (κ3) is 3.04. The van der Waals surface area contributed by atoms with Gasteiger partial charge in [0, 0.05) is 32.0 Å². The number of amidine groups is 1. The Kier molecular flexibility index (Phi) is 4.62. The van der Waals surface area contributed by atoms with Gasteiger partial charge in [-0.2, -0.15) is 0 Å². The van der Waals surface area contributed by atoms with Gasteiger partial charge >= 0.3 is 0 Å². The molecule has 0 bridgehead atoms. The van der Waals surface area contributed by atoms with Crippen molar-refractivity contribution in [2.45, 2.75) is 20.4 Å². The second kappa shape index (κ2) is 6.69. The van der Waals surface area contributed by atoms with Crippen molar-refractivity contribution in [3.63, 3.8) is 0 Å². The maximum absolute atomic E-state index is 12.3. The first-order valence-corrected chi connectivity index (χ1v) is 8.68. The number of aromatic nitrogens is 1. The first-order valence-electron chi connectivity index (χ1n) is 7.86. The second-order valence-corrected chi connectivity index (χ2v) is 6.89. The number of amides is 1. The van der Waals surface area contributed by atoms with Gasteiger partial charge in [-0.25, -0.2) is 0 Å². The number of aliphatic imine (C=N–C) groups is 1. The minimum atomic E-state index is 0.00784. The Bertz CT molecular complexity index is 834. The van der Waals surface area contributed by atoms with Gasteiger partial charge in [-0.1, -0.05) is 30.3 Å². The molecule has 1 aromatic carbocycles. The molecule has 4 nitrogen and oxygen atoms in total. The first kappa shape index (κ1) is 16.6. The fraction of sp³-hybridized carbons (Fsp3) is 0.263. The molecule has 1 aromatic heterocycles. The molecule has 0 saturated carbocycles. The lowest BCUT2D eigenvalue weighted by atomic mass is 10.2. The fourth-order valence-corrected chi connectivity index (χ4v) is 3.79. The number of aryl methyl sites for hydroxylation is 1. The van der Waals surface area contributed by atoms with Gasteiger partial charge in [-0.05, 0) is 48.9 Å². The first-order chi connectivity index (χ1) is 11.5. The quantitative estimate of drug-likeness (QED) is 0.800. The third-order valence-corrected chi connectivity index (χ3v) is 5.43. The molecule has 0 aliphatic carbocycles. The summed E-state index contributed by atoms with van der Waals surface area (Å²) in [6.07, 6.45) is 1.98. The van der Waals surface area contributed by atoms with E-state index < -0.39 is 0 Å². The zero-order valence-electron chi connectivity index (χ0n) is 14.4. The van der Waals surface area contributed by atoms with Crippen LogP contribution in [0, 0.1) is 13.8 Å². The fourth-order valence-electron chi connectivity index (χ4n) is 2.87. The number of nitrogens with zero attached hydrogens (tertiary/aromatic N) is 3. The Morgan fingerprint density at radius 2 is 1.92 bits per heavy atom. The summed E-state index contributed by atoms with van der Waals surface area (Å²) in [7, 11) is 3.47. The van der Waals surface area contributed by atoms with Gasteiger partial charge in [0.25, 0.3) is 5.91 Å². The van der Waals surface area contributed by atoms with Crippen LogP contribution in [0.15, 0.2) is 46.3 Å². The molecule has 1 aliphatic rings. The number of rotatable bonds is 3. The summed E-state index contributed by atoms with van der Waals surface area (Å²) < 4.78 is 2.28. The van der Waals surface area contributed by atoms with Crippen molar-refractivity contribution in [1.29, 1.82) is 0 Å². The van der Waals surface area contributed by atoms with E-state index in [4.69, 9.17) is 0 Å². The van der Waals surface area contributed by atoms with E-state index in [0.717, 1.165) is 22.2 Å². The number of benzene rings is 1. The number of likely N-dealkylation sites (N-methyl/N-ethyl adjacent to an activating group) is 1. The lowest BCUT2D eigenvalue weighted by Gasteiger charge is -2.09. The van der Waals surface area contributed by atoms with Crippen LogP contribution in [-0.2, 0) is 11.3 Å². The van der Waals surface area contributed by atoms with Gasteiger partial charge in [0.1, 0.15) is 0 Å². The summed E-state index contributed by atoms with van der Waals surface area (Å²) in [4.78, 5) is 18.8. The standard InChI is InChI=1S/C19H21N3OS/c1-13-10-16(11-17-18(23)21(4)19(20-3)24-17)14(2)22(13)12-15-8-6-5-7-9-15/h5-11H,12H2,1-4H3/b17-11+,20-19?. The average molecular weight is 339 g/mol. The molecule has 24 heavy (non-hydrogen) atoms.